The van der Waals surface area contributed by atoms with Crippen LogP contribution in [0.2, 0.25) is 0 Å². The van der Waals surface area contributed by atoms with Crippen LogP contribution < -0.4 is 5.32 Å². The fraction of sp³-hybridized carbons (Fsp3) is 0.538. The number of non-ortho nitro benzene ring substituents is 1. The summed E-state index contributed by atoms with van der Waals surface area (Å²) >= 11 is 0. The summed E-state index contributed by atoms with van der Waals surface area (Å²) in [5.74, 6) is -0.678. The number of benzene rings is 1. The molecule has 7 heteroatoms. The van der Waals surface area contributed by atoms with E-state index in [9.17, 15) is 19.6 Å². The van der Waals surface area contributed by atoms with Crippen LogP contribution >= 0.6 is 0 Å². The Morgan fingerprint density at radius 2 is 2.30 bits per heavy atom. The number of nitrogens with one attached hydrogen (secondary N) is 1. The summed E-state index contributed by atoms with van der Waals surface area (Å²) in [5, 5.41) is 24.0. The highest BCUT2D eigenvalue weighted by Crippen LogP contribution is 2.32. The topological polar surface area (TPSA) is 78.6 Å². The Kier molecular flexibility index (Phi) is 4.03. The fourth-order valence-corrected chi connectivity index (χ4v) is 2.70. The highest BCUT2D eigenvalue weighted by atomic mass is 19.1. The molecule has 2 N–H and O–H groups in total. The summed E-state index contributed by atoms with van der Waals surface area (Å²) in [6.45, 7) is 3.42. The van der Waals surface area contributed by atoms with Crippen molar-refractivity contribution < 1.29 is 14.4 Å². The normalized spacial score (nSPS) is 25.4. The van der Waals surface area contributed by atoms with Gasteiger partial charge in [0.05, 0.1) is 22.6 Å². The molecule has 0 amide bonds. The average Bonchev–Trinajstić information content (AvgIpc) is 2.38. The van der Waals surface area contributed by atoms with Crippen LogP contribution in [0.3, 0.4) is 0 Å². The van der Waals surface area contributed by atoms with Gasteiger partial charge in [-0.25, -0.2) is 4.39 Å². The maximum Gasteiger partial charge on any atom is 0.272 e. The van der Waals surface area contributed by atoms with E-state index in [4.69, 9.17) is 0 Å². The van der Waals surface area contributed by atoms with Gasteiger partial charge in [-0.2, -0.15) is 0 Å². The molecule has 1 heterocycles. The Hall–Kier alpha value is -1.57. The van der Waals surface area contributed by atoms with Crippen molar-refractivity contribution in [2.45, 2.75) is 18.6 Å². The second-order valence-electron chi connectivity index (χ2n) is 5.23. The number of hydrogen-bond acceptors (Lipinski definition) is 5. The van der Waals surface area contributed by atoms with Crippen LogP contribution in [0, 0.1) is 15.9 Å². The van der Waals surface area contributed by atoms with Crippen molar-refractivity contribution >= 4 is 5.69 Å². The van der Waals surface area contributed by atoms with Crippen molar-refractivity contribution in [2.24, 2.45) is 0 Å². The first-order valence-electron chi connectivity index (χ1n) is 6.43. The lowest BCUT2D eigenvalue weighted by Crippen LogP contribution is -2.62. The monoisotopic (exact) mass is 283 g/mol. The molecule has 0 radical (unpaired) electrons. The summed E-state index contributed by atoms with van der Waals surface area (Å²) in [6.07, 6.45) is -0.832. The molecule has 110 valence electrons. The highest BCUT2D eigenvalue weighted by molar-refractivity contribution is 5.39. The van der Waals surface area contributed by atoms with E-state index >= 15 is 0 Å². The number of hydrogen-bond donors (Lipinski definition) is 2. The number of piperazine rings is 1. The first-order valence-corrected chi connectivity index (χ1v) is 6.43. The lowest BCUT2D eigenvalue weighted by atomic mass is 9.82. The maximum atomic E-state index is 14.3. The smallest absolute Gasteiger partial charge is 0.272 e. The van der Waals surface area contributed by atoms with Gasteiger partial charge in [0.1, 0.15) is 5.82 Å². The van der Waals surface area contributed by atoms with Crippen molar-refractivity contribution in [2.75, 3.05) is 26.7 Å². The predicted molar refractivity (Wildman–Crippen MR) is 71.9 cm³/mol. The van der Waals surface area contributed by atoms with Crippen molar-refractivity contribution in [1.82, 2.24) is 10.2 Å². The maximum absolute atomic E-state index is 14.3. The second-order valence-corrected chi connectivity index (χ2v) is 5.23. The van der Waals surface area contributed by atoms with Crippen molar-refractivity contribution in [3.63, 3.8) is 0 Å². The molecule has 0 aromatic heterocycles. The number of nitro benzene ring substituents is 1. The van der Waals surface area contributed by atoms with Gasteiger partial charge in [-0.3, -0.25) is 10.1 Å². The molecule has 1 aliphatic heterocycles. The summed E-state index contributed by atoms with van der Waals surface area (Å²) in [7, 11) is 1.89. The number of likely N-dealkylation sites (N-methyl/N-ethyl adjacent to an activating group) is 1. The molecule has 1 aliphatic rings. The molecule has 6 nitrogen and oxygen atoms in total. The van der Waals surface area contributed by atoms with Crippen LogP contribution in [0.15, 0.2) is 18.2 Å². The molecule has 0 bridgehead atoms. The fourth-order valence-electron chi connectivity index (χ4n) is 2.70. The van der Waals surface area contributed by atoms with Crippen molar-refractivity contribution in [3.05, 3.63) is 39.7 Å². The Labute approximate surface area is 116 Å². The molecule has 2 atom stereocenters. The lowest BCUT2D eigenvalue weighted by molar-refractivity contribution is -0.385. The third-order valence-corrected chi connectivity index (χ3v) is 3.81. The summed E-state index contributed by atoms with van der Waals surface area (Å²) in [6, 6.07) is 3.54. The number of halogens is 1. The Bertz CT molecular complexity index is 524. The van der Waals surface area contributed by atoms with Crippen molar-refractivity contribution in [3.8, 4) is 0 Å². The average molecular weight is 283 g/mol. The SMILES string of the molecule is CC(O)C1(c2ccc([N+](=O)[O-])cc2F)CN(C)CCN1. The molecule has 0 saturated carbocycles. The van der Waals surface area contributed by atoms with E-state index in [2.05, 4.69) is 5.32 Å². The van der Waals surface area contributed by atoms with E-state index in [0.29, 0.717) is 13.1 Å². The number of nitro groups is 1. The van der Waals surface area contributed by atoms with E-state index in [1.807, 2.05) is 11.9 Å². The summed E-state index contributed by atoms with van der Waals surface area (Å²) in [4.78, 5) is 12.0. The number of aliphatic hydroxyl groups is 1. The molecule has 1 aromatic carbocycles. The largest absolute Gasteiger partial charge is 0.391 e. The van der Waals surface area contributed by atoms with Gasteiger partial charge in [0.15, 0.2) is 0 Å². The minimum absolute atomic E-state index is 0.254. The van der Waals surface area contributed by atoms with Crippen LogP contribution in [0.5, 0.6) is 0 Å². The van der Waals surface area contributed by atoms with Gasteiger partial charge in [-0.15, -0.1) is 0 Å². The molecule has 1 fully saturated rings. The zero-order valence-corrected chi connectivity index (χ0v) is 11.5. The van der Waals surface area contributed by atoms with Crippen LogP contribution in [-0.2, 0) is 5.54 Å². The number of aliphatic hydroxyl groups excluding tert-OH is 1. The van der Waals surface area contributed by atoms with Gasteiger partial charge in [-0.1, -0.05) is 0 Å². The van der Waals surface area contributed by atoms with Gasteiger partial charge in [0, 0.05) is 31.3 Å². The van der Waals surface area contributed by atoms with Crippen LogP contribution in [0.25, 0.3) is 0 Å². The van der Waals surface area contributed by atoms with Gasteiger partial charge >= 0.3 is 0 Å². The van der Waals surface area contributed by atoms with Crippen LogP contribution in [-0.4, -0.2) is 47.7 Å². The first kappa shape index (κ1) is 14.8. The highest BCUT2D eigenvalue weighted by Gasteiger charge is 2.42. The molecule has 1 saturated heterocycles. The second kappa shape index (κ2) is 5.43. The Balaban J connectivity index is 2.47. The number of nitrogens with zero attached hydrogens (tertiary/aromatic N) is 2. The minimum atomic E-state index is -0.952. The minimum Gasteiger partial charge on any atom is -0.391 e. The van der Waals surface area contributed by atoms with E-state index in [0.717, 1.165) is 12.6 Å². The van der Waals surface area contributed by atoms with E-state index in [1.54, 1.807) is 6.92 Å². The Morgan fingerprint density at radius 3 is 2.80 bits per heavy atom. The van der Waals surface area contributed by atoms with Gasteiger partial charge < -0.3 is 15.3 Å². The molecule has 2 rings (SSSR count). The molecular weight excluding hydrogens is 265 g/mol. The standard InChI is InChI=1S/C13H18FN3O3/c1-9(18)13(8-16(2)6-5-15-13)11-4-3-10(17(19)20)7-12(11)14/h3-4,7,9,15,18H,5-6,8H2,1-2H3. The van der Waals surface area contributed by atoms with E-state index in [-0.39, 0.29) is 11.3 Å². The van der Waals surface area contributed by atoms with E-state index < -0.39 is 22.4 Å². The van der Waals surface area contributed by atoms with Crippen LogP contribution in [0.4, 0.5) is 10.1 Å². The quantitative estimate of drug-likeness (QED) is 0.635. The third-order valence-electron chi connectivity index (χ3n) is 3.81. The zero-order chi connectivity index (χ0) is 14.9. The van der Waals surface area contributed by atoms with Gasteiger partial charge in [-0.05, 0) is 20.0 Å². The van der Waals surface area contributed by atoms with Gasteiger partial charge in [0.25, 0.3) is 5.69 Å². The lowest BCUT2D eigenvalue weighted by Gasteiger charge is -2.45. The molecule has 1 aromatic rings. The first-order chi connectivity index (χ1) is 9.36. The predicted octanol–water partition coefficient (Wildman–Crippen LogP) is 0.845. The van der Waals surface area contributed by atoms with Crippen molar-refractivity contribution in [1.29, 1.82) is 0 Å². The molecule has 0 spiro atoms. The van der Waals surface area contributed by atoms with E-state index in [1.165, 1.54) is 12.1 Å². The zero-order valence-electron chi connectivity index (χ0n) is 11.5. The molecule has 0 aliphatic carbocycles. The molecular formula is C13H18FN3O3. The molecule has 2 unspecified atom stereocenters. The Morgan fingerprint density at radius 1 is 1.60 bits per heavy atom. The molecule has 20 heavy (non-hydrogen) atoms. The summed E-state index contributed by atoms with van der Waals surface area (Å²) < 4.78 is 14.3. The number of rotatable bonds is 3. The van der Waals surface area contributed by atoms with Gasteiger partial charge in [0.2, 0.25) is 0 Å². The third kappa shape index (κ3) is 2.52. The van der Waals surface area contributed by atoms with Crippen LogP contribution in [0.1, 0.15) is 12.5 Å². The summed E-state index contributed by atoms with van der Waals surface area (Å²) in [5.41, 5.74) is -0.993.